The van der Waals surface area contributed by atoms with Crippen LogP contribution in [0.2, 0.25) is 5.02 Å². The monoisotopic (exact) mass is 285 g/mol. The summed E-state index contributed by atoms with van der Waals surface area (Å²) in [7, 11) is 0. The molecule has 0 unspecified atom stereocenters. The van der Waals surface area contributed by atoms with Crippen molar-refractivity contribution >= 4 is 17.3 Å². The zero-order valence-corrected chi connectivity index (χ0v) is 10.9. The van der Waals surface area contributed by atoms with Crippen molar-refractivity contribution in [2.75, 3.05) is 5.32 Å². The van der Waals surface area contributed by atoms with E-state index < -0.39 is 11.6 Å². The maximum absolute atomic E-state index is 13.5. The van der Waals surface area contributed by atoms with E-state index in [9.17, 15) is 13.2 Å². The van der Waals surface area contributed by atoms with Gasteiger partial charge < -0.3 is 5.32 Å². The van der Waals surface area contributed by atoms with Crippen LogP contribution in [0.3, 0.4) is 0 Å². The maximum Gasteiger partial charge on any atom is 0.150 e. The predicted molar refractivity (Wildman–Crippen MR) is 69.8 cm³/mol. The molecule has 0 atom stereocenters. The topological polar surface area (TPSA) is 12.0 Å². The van der Waals surface area contributed by atoms with Crippen molar-refractivity contribution in [2.45, 2.75) is 13.5 Å². The molecule has 2 aromatic carbocycles. The van der Waals surface area contributed by atoms with Gasteiger partial charge in [0.25, 0.3) is 0 Å². The summed E-state index contributed by atoms with van der Waals surface area (Å²) < 4.78 is 39.5. The first-order valence-electron chi connectivity index (χ1n) is 5.61. The highest BCUT2D eigenvalue weighted by atomic mass is 35.5. The summed E-state index contributed by atoms with van der Waals surface area (Å²) in [5.41, 5.74) is 1.55. The SMILES string of the molecule is Cc1ccc(F)cc1CNc1c(F)cc(F)cc1Cl. The maximum atomic E-state index is 13.5. The molecule has 1 N–H and O–H groups in total. The number of anilines is 1. The minimum absolute atomic E-state index is 0.00623. The van der Waals surface area contributed by atoms with E-state index in [1.54, 1.807) is 6.07 Å². The van der Waals surface area contributed by atoms with Gasteiger partial charge in [0.2, 0.25) is 0 Å². The Kier molecular flexibility index (Phi) is 4.00. The van der Waals surface area contributed by atoms with Gasteiger partial charge in [-0.2, -0.15) is 0 Å². The molecule has 0 aliphatic rings. The van der Waals surface area contributed by atoms with E-state index in [-0.39, 0.29) is 23.1 Å². The van der Waals surface area contributed by atoms with Crippen LogP contribution in [0.15, 0.2) is 30.3 Å². The van der Waals surface area contributed by atoms with Crippen LogP contribution in [0.25, 0.3) is 0 Å². The molecular weight excluding hydrogens is 275 g/mol. The third kappa shape index (κ3) is 3.20. The summed E-state index contributed by atoms with van der Waals surface area (Å²) in [6.07, 6.45) is 0. The van der Waals surface area contributed by atoms with Gasteiger partial charge in [-0.1, -0.05) is 17.7 Å². The Morgan fingerprint density at radius 1 is 1.05 bits per heavy atom. The molecule has 2 rings (SSSR count). The molecule has 0 aromatic heterocycles. The van der Waals surface area contributed by atoms with Gasteiger partial charge in [-0.05, 0) is 36.2 Å². The Labute approximate surface area is 114 Å². The van der Waals surface area contributed by atoms with Crippen LogP contribution >= 0.6 is 11.6 Å². The third-order valence-electron chi connectivity index (χ3n) is 2.77. The van der Waals surface area contributed by atoms with E-state index in [0.29, 0.717) is 5.56 Å². The van der Waals surface area contributed by atoms with E-state index >= 15 is 0 Å². The Morgan fingerprint density at radius 3 is 2.47 bits per heavy atom. The average Bonchev–Trinajstić information content (AvgIpc) is 2.32. The van der Waals surface area contributed by atoms with Crippen molar-refractivity contribution in [1.82, 2.24) is 0 Å². The number of aryl methyl sites for hydroxylation is 1. The van der Waals surface area contributed by atoms with Gasteiger partial charge in [0, 0.05) is 12.6 Å². The van der Waals surface area contributed by atoms with Crippen molar-refractivity contribution in [3.63, 3.8) is 0 Å². The van der Waals surface area contributed by atoms with Crippen molar-refractivity contribution in [2.24, 2.45) is 0 Å². The molecule has 2 aromatic rings. The van der Waals surface area contributed by atoms with E-state index in [1.807, 2.05) is 6.92 Å². The van der Waals surface area contributed by atoms with E-state index in [4.69, 9.17) is 11.6 Å². The van der Waals surface area contributed by atoms with Gasteiger partial charge in [0.15, 0.2) is 5.82 Å². The lowest BCUT2D eigenvalue weighted by Crippen LogP contribution is -2.04. The number of hydrogen-bond donors (Lipinski definition) is 1. The average molecular weight is 286 g/mol. The lowest BCUT2D eigenvalue weighted by atomic mass is 10.1. The van der Waals surface area contributed by atoms with Crippen LogP contribution in [-0.4, -0.2) is 0 Å². The molecule has 5 heteroatoms. The van der Waals surface area contributed by atoms with Crippen molar-refractivity contribution in [3.05, 3.63) is 63.9 Å². The molecule has 0 saturated heterocycles. The predicted octanol–water partition coefficient (Wildman–Crippen LogP) is 4.68. The van der Waals surface area contributed by atoms with Crippen LogP contribution in [0, 0.1) is 24.4 Å². The highest BCUT2D eigenvalue weighted by Gasteiger charge is 2.10. The van der Waals surface area contributed by atoms with E-state index in [2.05, 4.69) is 5.32 Å². The molecule has 0 radical (unpaired) electrons. The van der Waals surface area contributed by atoms with Crippen LogP contribution in [0.4, 0.5) is 18.9 Å². The molecule has 19 heavy (non-hydrogen) atoms. The first-order chi connectivity index (χ1) is 8.97. The van der Waals surface area contributed by atoms with Crippen LogP contribution in [0.1, 0.15) is 11.1 Å². The molecule has 0 fully saturated rings. The lowest BCUT2D eigenvalue weighted by molar-refractivity contribution is 0.585. The largest absolute Gasteiger partial charge is 0.377 e. The highest BCUT2D eigenvalue weighted by Crippen LogP contribution is 2.27. The smallest absolute Gasteiger partial charge is 0.150 e. The first kappa shape index (κ1) is 13.7. The minimum Gasteiger partial charge on any atom is -0.377 e. The fraction of sp³-hybridized carbons (Fsp3) is 0.143. The molecule has 1 nitrogen and oxygen atoms in total. The lowest BCUT2D eigenvalue weighted by Gasteiger charge is -2.11. The minimum atomic E-state index is -0.779. The molecule has 0 bridgehead atoms. The number of nitrogens with one attached hydrogen (secondary N) is 1. The summed E-state index contributed by atoms with van der Waals surface area (Å²) >= 11 is 5.76. The van der Waals surface area contributed by atoms with E-state index in [0.717, 1.165) is 17.7 Å². The highest BCUT2D eigenvalue weighted by molar-refractivity contribution is 6.33. The summed E-state index contributed by atoms with van der Waals surface area (Å²) in [5.74, 6) is -1.89. The Bertz CT molecular complexity index is 591. The zero-order chi connectivity index (χ0) is 14.0. The van der Waals surface area contributed by atoms with Crippen LogP contribution in [-0.2, 0) is 6.54 Å². The quantitative estimate of drug-likeness (QED) is 0.863. The number of halogens is 4. The molecule has 100 valence electrons. The second-order valence-corrected chi connectivity index (χ2v) is 4.58. The number of benzene rings is 2. The molecule has 0 heterocycles. The zero-order valence-electron chi connectivity index (χ0n) is 10.1. The summed E-state index contributed by atoms with van der Waals surface area (Å²) in [6, 6.07) is 6.11. The van der Waals surface area contributed by atoms with E-state index in [1.165, 1.54) is 12.1 Å². The molecule has 0 saturated carbocycles. The second kappa shape index (κ2) is 5.53. The molecule has 0 aliphatic carbocycles. The summed E-state index contributed by atoms with van der Waals surface area (Å²) in [6.45, 7) is 2.02. The van der Waals surface area contributed by atoms with Crippen molar-refractivity contribution < 1.29 is 13.2 Å². The summed E-state index contributed by atoms with van der Waals surface area (Å²) in [4.78, 5) is 0. The molecular formula is C14H11ClF3N. The fourth-order valence-electron chi connectivity index (χ4n) is 1.73. The molecule has 0 aliphatic heterocycles. The van der Waals surface area contributed by atoms with Crippen molar-refractivity contribution in [3.8, 4) is 0 Å². The van der Waals surface area contributed by atoms with Crippen molar-refractivity contribution in [1.29, 1.82) is 0 Å². The van der Waals surface area contributed by atoms with Gasteiger partial charge >= 0.3 is 0 Å². The van der Waals surface area contributed by atoms with Gasteiger partial charge in [0.05, 0.1) is 10.7 Å². The van der Waals surface area contributed by atoms with Gasteiger partial charge in [0.1, 0.15) is 11.6 Å². The Morgan fingerprint density at radius 2 is 1.79 bits per heavy atom. The third-order valence-corrected chi connectivity index (χ3v) is 3.07. The summed E-state index contributed by atoms with van der Waals surface area (Å²) in [5, 5.41) is 2.70. The van der Waals surface area contributed by atoms with Crippen LogP contribution in [0.5, 0.6) is 0 Å². The van der Waals surface area contributed by atoms with Gasteiger partial charge in [-0.25, -0.2) is 13.2 Å². The normalized spacial score (nSPS) is 10.6. The number of hydrogen-bond acceptors (Lipinski definition) is 1. The van der Waals surface area contributed by atoms with Gasteiger partial charge in [-0.15, -0.1) is 0 Å². The standard InChI is InChI=1S/C14H11ClF3N/c1-8-2-3-10(16)4-9(8)7-19-14-12(15)5-11(17)6-13(14)18/h2-6,19H,7H2,1H3. The Balaban J connectivity index is 2.21. The second-order valence-electron chi connectivity index (χ2n) is 4.17. The molecule has 0 spiro atoms. The fourth-order valence-corrected chi connectivity index (χ4v) is 1.99. The Hall–Kier alpha value is -1.68. The van der Waals surface area contributed by atoms with Crippen LogP contribution < -0.4 is 5.32 Å². The van der Waals surface area contributed by atoms with Gasteiger partial charge in [-0.3, -0.25) is 0 Å². The molecule has 0 amide bonds. The first-order valence-corrected chi connectivity index (χ1v) is 5.98. The number of rotatable bonds is 3.